The molecule has 0 aliphatic carbocycles. The average molecular weight is 653 g/mol. The number of benzene rings is 3. The van der Waals surface area contributed by atoms with Gasteiger partial charge in [0.2, 0.25) is 0 Å². The van der Waals surface area contributed by atoms with E-state index >= 15 is 0 Å². The van der Waals surface area contributed by atoms with Crippen molar-refractivity contribution in [2.45, 2.75) is 52.1 Å². The lowest BCUT2D eigenvalue weighted by Crippen LogP contribution is -2.30. The number of esters is 1. The van der Waals surface area contributed by atoms with Gasteiger partial charge in [0.05, 0.1) is 6.61 Å². The van der Waals surface area contributed by atoms with E-state index in [4.69, 9.17) is 23.7 Å². The van der Waals surface area contributed by atoms with Crippen LogP contribution < -0.4 is 9.47 Å². The maximum absolute atomic E-state index is 12.1. The van der Waals surface area contributed by atoms with Crippen LogP contribution in [0.3, 0.4) is 0 Å². The standard InChI is InChI=1S/C40H44O8/c1-4-44-37(39(41)42)29-33-19-23-35(24-20-33)47-27-11-7-9-13-31-15-17-32(18-16-31)14-10-8-12-28-48-36-25-21-34(22-26-36)30-38(45-5-2)40(43)46-6-3/h7-8,11-12,15-26,37-39,41-42H,4-6,27-30H2,1-3H3/b11-7+,12-8+. The monoisotopic (exact) mass is 652 g/mol. The molecule has 2 atom stereocenters. The molecule has 2 unspecified atom stereocenters. The first-order valence-electron chi connectivity index (χ1n) is 16.0. The minimum absolute atomic E-state index is 0.323. The fraction of sp³-hybridized carbons (Fsp3) is 0.325. The molecule has 0 bridgehead atoms. The summed E-state index contributed by atoms with van der Waals surface area (Å²) in [5, 5.41) is 18.9. The number of hydrogen-bond donors (Lipinski definition) is 2. The zero-order valence-electron chi connectivity index (χ0n) is 27.8. The third-order valence-corrected chi connectivity index (χ3v) is 6.75. The van der Waals surface area contributed by atoms with Crippen molar-refractivity contribution >= 4 is 5.97 Å². The molecule has 2 N–H and O–H groups in total. The lowest BCUT2D eigenvalue weighted by molar-refractivity contribution is -0.156. The lowest BCUT2D eigenvalue weighted by atomic mass is 10.1. The van der Waals surface area contributed by atoms with E-state index in [1.165, 1.54) is 0 Å². The Kier molecular flexibility index (Phi) is 17.1. The Morgan fingerprint density at radius 2 is 1.15 bits per heavy atom. The van der Waals surface area contributed by atoms with E-state index in [0.717, 1.165) is 28.0 Å². The fourth-order valence-electron chi connectivity index (χ4n) is 4.39. The van der Waals surface area contributed by atoms with Crippen molar-refractivity contribution in [2.75, 3.05) is 33.0 Å². The number of ether oxygens (including phenoxy) is 5. The van der Waals surface area contributed by atoms with E-state index in [0.29, 0.717) is 51.6 Å². The van der Waals surface area contributed by atoms with Crippen molar-refractivity contribution < 1.29 is 38.7 Å². The van der Waals surface area contributed by atoms with Crippen LogP contribution in [0.25, 0.3) is 0 Å². The van der Waals surface area contributed by atoms with E-state index in [1.54, 1.807) is 19.1 Å². The number of carbonyl (C=O) groups excluding carboxylic acids is 1. The van der Waals surface area contributed by atoms with Gasteiger partial charge in [0.25, 0.3) is 0 Å². The molecule has 3 aromatic rings. The predicted octanol–water partition coefficient (Wildman–Crippen LogP) is 5.43. The smallest absolute Gasteiger partial charge is 0.335 e. The molecule has 48 heavy (non-hydrogen) atoms. The van der Waals surface area contributed by atoms with Gasteiger partial charge in [-0.25, -0.2) is 4.79 Å². The molecule has 8 nitrogen and oxygen atoms in total. The number of aliphatic hydroxyl groups excluding tert-OH is 1. The van der Waals surface area contributed by atoms with Crippen LogP contribution in [0.5, 0.6) is 11.5 Å². The third kappa shape index (κ3) is 14.3. The summed E-state index contributed by atoms with van der Waals surface area (Å²) in [6.45, 7) is 7.37. The van der Waals surface area contributed by atoms with Crippen molar-refractivity contribution in [3.8, 4) is 35.2 Å². The topological polar surface area (TPSA) is 104 Å². The van der Waals surface area contributed by atoms with Crippen LogP contribution >= 0.6 is 0 Å². The number of hydrogen-bond acceptors (Lipinski definition) is 8. The van der Waals surface area contributed by atoms with Gasteiger partial charge in [0.15, 0.2) is 12.4 Å². The highest BCUT2D eigenvalue weighted by Gasteiger charge is 2.20. The van der Waals surface area contributed by atoms with Crippen molar-refractivity contribution in [3.63, 3.8) is 0 Å². The summed E-state index contributed by atoms with van der Waals surface area (Å²) in [4.78, 5) is 12.1. The number of allylic oxidation sites excluding steroid dienone is 2. The zero-order chi connectivity index (χ0) is 34.4. The average Bonchev–Trinajstić information content (AvgIpc) is 3.09. The van der Waals surface area contributed by atoms with Crippen molar-refractivity contribution in [3.05, 3.63) is 119 Å². The van der Waals surface area contributed by atoms with E-state index < -0.39 is 18.5 Å². The first-order valence-corrected chi connectivity index (χ1v) is 16.0. The summed E-state index contributed by atoms with van der Waals surface area (Å²) in [6.07, 6.45) is 5.24. The van der Waals surface area contributed by atoms with Crippen LogP contribution in [0.4, 0.5) is 0 Å². The lowest BCUT2D eigenvalue weighted by Gasteiger charge is -2.18. The summed E-state index contributed by atoms with van der Waals surface area (Å²) >= 11 is 0. The third-order valence-electron chi connectivity index (χ3n) is 6.75. The van der Waals surface area contributed by atoms with Gasteiger partial charge in [-0.05, 0) is 105 Å². The Balaban J connectivity index is 1.36. The van der Waals surface area contributed by atoms with Crippen LogP contribution in [0.15, 0.2) is 97.1 Å². The molecular weight excluding hydrogens is 608 g/mol. The van der Waals surface area contributed by atoms with Crippen LogP contribution in [0, 0.1) is 23.7 Å². The van der Waals surface area contributed by atoms with Crippen LogP contribution in [0.1, 0.15) is 43.0 Å². The molecule has 0 aliphatic heterocycles. The second kappa shape index (κ2) is 21.9. The van der Waals surface area contributed by atoms with E-state index in [1.807, 2.05) is 98.8 Å². The molecule has 0 amide bonds. The summed E-state index contributed by atoms with van der Waals surface area (Å²) in [5.74, 6) is 13.3. The molecule has 3 rings (SSSR count). The van der Waals surface area contributed by atoms with Crippen molar-refractivity contribution in [1.82, 2.24) is 0 Å². The predicted molar refractivity (Wildman–Crippen MR) is 185 cm³/mol. The summed E-state index contributed by atoms with van der Waals surface area (Å²) in [5.41, 5.74) is 3.65. The molecule has 8 heteroatoms. The molecule has 0 radical (unpaired) electrons. The number of rotatable bonds is 17. The van der Waals surface area contributed by atoms with Gasteiger partial charge in [-0.2, -0.15) is 0 Å². The maximum atomic E-state index is 12.1. The summed E-state index contributed by atoms with van der Waals surface area (Å²) < 4.78 is 27.5. The Morgan fingerprint density at radius 3 is 1.58 bits per heavy atom. The quantitative estimate of drug-likeness (QED) is 0.113. The van der Waals surface area contributed by atoms with E-state index in [9.17, 15) is 15.0 Å². The van der Waals surface area contributed by atoms with Crippen LogP contribution in [0.2, 0.25) is 0 Å². The number of carbonyl (C=O) groups is 1. The largest absolute Gasteiger partial charge is 0.490 e. The maximum Gasteiger partial charge on any atom is 0.335 e. The SMILES string of the molecule is CCOC(=O)C(Cc1ccc(OC/C=C/C#Cc2ccc(C#C/C=C/COc3ccc(CC(OCC)C(O)O)cc3)cc2)cc1)OCC. The molecule has 3 aromatic carbocycles. The first kappa shape index (κ1) is 37.6. The summed E-state index contributed by atoms with van der Waals surface area (Å²) in [7, 11) is 0. The first-order chi connectivity index (χ1) is 23.4. The molecule has 0 saturated carbocycles. The molecule has 0 aliphatic rings. The van der Waals surface area contributed by atoms with Crippen LogP contribution in [-0.2, 0) is 31.8 Å². The second-order valence-corrected chi connectivity index (χ2v) is 10.3. The molecule has 0 saturated heterocycles. The molecule has 0 heterocycles. The second-order valence-electron chi connectivity index (χ2n) is 10.3. The van der Waals surface area contributed by atoms with Gasteiger partial charge < -0.3 is 33.9 Å². The normalized spacial score (nSPS) is 12.2. The minimum Gasteiger partial charge on any atom is -0.490 e. The molecule has 0 aromatic heterocycles. The van der Waals surface area contributed by atoms with Gasteiger partial charge in [0, 0.05) is 37.2 Å². The highest BCUT2D eigenvalue weighted by atomic mass is 16.6. The molecular formula is C40H44O8. The minimum atomic E-state index is -1.52. The van der Waals surface area contributed by atoms with E-state index in [2.05, 4.69) is 23.7 Å². The zero-order valence-corrected chi connectivity index (χ0v) is 27.8. The fourth-order valence-corrected chi connectivity index (χ4v) is 4.39. The molecule has 0 spiro atoms. The van der Waals surface area contributed by atoms with Gasteiger partial charge >= 0.3 is 5.97 Å². The Labute approximate surface area is 284 Å². The highest BCUT2D eigenvalue weighted by molar-refractivity contribution is 5.75. The van der Waals surface area contributed by atoms with Gasteiger partial charge in [-0.3, -0.25) is 0 Å². The summed E-state index contributed by atoms with van der Waals surface area (Å²) in [6, 6.07) is 22.7. The van der Waals surface area contributed by atoms with Gasteiger partial charge in [-0.15, -0.1) is 0 Å². The Morgan fingerprint density at radius 1 is 0.667 bits per heavy atom. The van der Waals surface area contributed by atoms with Crippen molar-refractivity contribution in [2.24, 2.45) is 0 Å². The van der Waals surface area contributed by atoms with Gasteiger partial charge in [0.1, 0.15) is 30.8 Å². The van der Waals surface area contributed by atoms with E-state index in [-0.39, 0.29) is 5.97 Å². The highest BCUT2D eigenvalue weighted by Crippen LogP contribution is 2.16. The van der Waals surface area contributed by atoms with Gasteiger partial charge in [-0.1, -0.05) is 47.9 Å². The number of aliphatic hydroxyl groups is 2. The Bertz CT molecular complexity index is 1550. The molecule has 0 fully saturated rings. The molecule has 252 valence electrons. The van der Waals surface area contributed by atoms with Crippen molar-refractivity contribution in [1.29, 1.82) is 0 Å². The Hall–Kier alpha value is -4.83. The van der Waals surface area contributed by atoms with Crippen LogP contribution in [-0.4, -0.2) is 67.7 Å².